The van der Waals surface area contributed by atoms with Gasteiger partial charge in [0, 0.05) is 41.7 Å². The highest BCUT2D eigenvalue weighted by Crippen LogP contribution is 2.42. The summed E-state index contributed by atoms with van der Waals surface area (Å²) in [7, 11) is 0. The molecule has 242 valence electrons. The lowest BCUT2D eigenvalue weighted by molar-refractivity contribution is 0.607. The third-order valence-corrected chi connectivity index (χ3v) is 11.1. The molecule has 0 aliphatic heterocycles. The molecular formula is C47H42OS. The highest BCUT2D eigenvalue weighted by molar-refractivity contribution is 7.26. The Morgan fingerprint density at radius 1 is 0.510 bits per heavy atom. The number of benzene rings is 6. The number of thiophene rings is 1. The fourth-order valence-corrected chi connectivity index (χ4v) is 8.29. The SMILES string of the molecule is CCCCCCCCc1ccc(/C=C/c2ccc3sc4c(ccc5c4ccc4c6cc(/C=C/c7ccc(C)cc7)ccc6oc45)c3c2)cc1. The van der Waals surface area contributed by atoms with E-state index in [1.54, 1.807) is 0 Å². The molecule has 0 saturated heterocycles. The Labute approximate surface area is 293 Å². The van der Waals surface area contributed by atoms with E-state index >= 15 is 0 Å². The third-order valence-electron chi connectivity index (χ3n) is 9.93. The molecule has 2 aromatic heterocycles. The maximum atomic E-state index is 6.53. The van der Waals surface area contributed by atoms with E-state index in [2.05, 4.69) is 147 Å². The van der Waals surface area contributed by atoms with Gasteiger partial charge >= 0.3 is 0 Å². The van der Waals surface area contributed by atoms with Crippen LogP contribution < -0.4 is 0 Å². The van der Waals surface area contributed by atoms with Gasteiger partial charge in [0.15, 0.2) is 0 Å². The molecule has 0 aliphatic rings. The Hall–Kier alpha value is -4.92. The van der Waals surface area contributed by atoms with Crippen LogP contribution in [0.2, 0.25) is 0 Å². The van der Waals surface area contributed by atoms with Crippen molar-refractivity contribution in [3.63, 3.8) is 0 Å². The second kappa shape index (κ2) is 13.9. The zero-order valence-corrected chi connectivity index (χ0v) is 29.3. The van der Waals surface area contributed by atoms with Crippen LogP contribution in [-0.2, 0) is 6.42 Å². The zero-order chi connectivity index (χ0) is 33.2. The van der Waals surface area contributed by atoms with Crippen molar-refractivity contribution in [1.29, 1.82) is 0 Å². The van der Waals surface area contributed by atoms with Gasteiger partial charge in [-0.15, -0.1) is 11.3 Å². The Balaban J connectivity index is 1.04. The van der Waals surface area contributed by atoms with Crippen LogP contribution in [-0.4, -0.2) is 0 Å². The molecule has 0 bridgehead atoms. The molecule has 8 aromatic rings. The molecule has 1 nitrogen and oxygen atoms in total. The fraction of sp³-hybridized carbons (Fsp3) is 0.191. The van der Waals surface area contributed by atoms with Gasteiger partial charge in [-0.2, -0.15) is 0 Å². The van der Waals surface area contributed by atoms with Gasteiger partial charge in [-0.3, -0.25) is 0 Å². The zero-order valence-electron chi connectivity index (χ0n) is 28.5. The van der Waals surface area contributed by atoms with Gasteiger partial charge in [0.2, 0.25) is 0 Å². The number of aryl methyl sites for hydroxylation is 2. The van der Waals surface area contributed by atoms with Gasteiger partial charge in [-0.25, -0.2) is 0 Å². The first-order chi connectivity index (χ1) is 24.1. The first-order valence-corrected chi connectivity index (χ1v) is 18.7. The number of rotatable bonds is 11. The summed E-state index contributed by atoms with van der Waals surface area (Å²) in [5.41, 5.74) is 9.45. The summed E-state index contributed by atoms with van der Waals surface area (Å²) >= 11 is 1.88. The van der Waals surface area contributed by atoms with E-state index in [4.69, 9.17) is 4.42 Å². The lowest BCUT2D eigenvalue weighted by atomic mass is 10.0. The highest BCUT2D eigenvalue weighted by atomic mass is 32.1. The molecule has 2 heteroatoms. The first-order valence-electron chi connectivity index (χ1n) is 17.9. The number of fused-ring (bicyclic) bond motifs is 9. The van der Waals surface area contributed by atoms with Crippen LogP contribution in [0.3, 0.4) is 0 Å². The Morgan fingerprint density at radius 3 is 1.80 bits per heavy atom. The minimum absolute atomic E-state index is 0.926. The molecule has 0 fully saturated rings. The smallest absolute Gasteiger partial charge is 0.143 e. The summed E-state index contributed by atoms with van der Waals surface area (Å²) in [6.45, 7) is 4.40. The molecule has 0 radical (unpaired) electrons. The molecule has 2 heterocycles. The fourth-order valence-electron chi connectivity index (χ4n) is 7.08. The van der Waals surface area contributed by atoms with Crippen molar-refractivity contribution in [1.82, 2.24) is 0 Å². The van der Waals surface area contributed by atoms with Gasteiger partial charge in [-0.1, -0.05) is 142 Å². The molecule has 0 amide bonds. The predicted molar refractivity (Wildman–Crippen MR) is 217 cm³/mol. The van der Waals surface area contributed by atoms with Crippen molar-refractivity contribution in [2.45, 2.75) is 58.8 Å². The summed E-state index contributed by atoms with van der Waals surface area (Å²) in [6, 6.07) is 40.2. The van der Waals surface area contributed by atoms with Gasteiger partial charge in [0.1, 0.15) is 11.2 Å². The lowest BCUT2D eigenvalue weighted by Crippen LogP contribution is -1.86. The van der Waals surface area contributed by atoms with Crippen LogP contribution in [0.25, 0.3) is 77.2 Å². The second-order valence-electron chi connectivity index (χ2n) is 13.5. The van der Waals surface area contributed by atoms with Crippen LogP contribution in [0.15, 0.2) is 114 Å². The van der Waals surface area contributed by atoms with E-state index in [-0.39, 0.29) is 0 Å². The van der Waals surface area contributed by atoms with Gasteiger partial charge in [-0.05, 0) is 84.0 Å². The molecule has 0 N–H and O–H groups in total. The summed E-state index contributed by atoms with van der Waals surface area (Å²) in [6.07, 6.45) is 18.1. The Kier molecular flexibility index (Phi) is 8.89. The summed E-state index contributed by atoms with van der Waals surface area (Å²) in [5.74, 6) is 0. The molecule has 0 atom stereocenters. The van der Waals surface area contributed by atoms with Gasteiger partial charge in [0.25, 0.3) is 0 Å². The van der Waals surface area contributed by atoms with E-state index in [9.17, 15) is 0 Å². The standard InChI is InChI=1S/C47H42OS/c1-3-4-5-6-7-8-9-33-14-16-35(17-15-33)19-21-37-23-29-45-43(31-37)41-27-24-38-40(47(41)49-45)26-25-39-42-30-36(22-28-44(42)48-46(38)39)20-18-34-12-10-32(2)11-13-34/h10-31H,3-9H2,1-2H3/b20-18+,21-19+. The van der Waals surface area contributed by atoms with Crippen molar-refractivity contribution in [2.75, 3.05) is 0 Å². The van der Waals surface area contributed by atoms with Crippen molar-refractivity contribution in [3.8, 4) is 0 Å². The predicted octanol–water partition coefficient (Wildman–Crippen LogP) is 14.7. The molecule has 49 heavy (non-hydrogen) atoms. The van der Waals surface area contributed by atoms with Crippen molar-refractivity contribution >= 4 is 88.5 Å². The van der Waals surface area contributed by atoms with E-state index in [0.717, 1.165) is 21.9 Å². The van der Waals surface area contributed by atoms with Crippen molar-refractivity contribution in [3.05, 3.63) is 143 Å². The Morgan fingerprint density at radius 2 is 1.06 bits per heavy atom. The first kappa shape index (κ1) is 31.4. The number of hydrogen-bond donors (Lipinski definition) is 0. The summed E-state index contributed by atoms with van der Waals surface area (Å²) < 4.78 is 9.16. The number of furan rings is 1. The van der Waals surface area contributed by atoms with Crippen LogP contribution in [0.5, 0.6) is 0 Å². The largest absolute Gasteiger partial charge is 0.455 e. The van der Waals surface area contributed by atoms with Crippen molar-refractivity contribution < 1.29 is 4.42 Å². The maximum Gasteiger partial charge on any atom is 0.143 e. The van der Waals surface area contributed by atoms with Gasteiger partial charge < -0.3 is 4.42 Å². The topological polar surface area (TPSA) is 13.1 Å². The van der Waals surface area contributed by atoms with Gasteiger partial charge in [0.05, 0.1) is 0 Å². The van der Waals surface area contributed by atoms with Crippen LogP contribution in [0.4, 0.5) is 0 Å². The summed E-state index contributed by atoms with van der Waals surface area (Å²) in [5, 5.41) is 7.36. The minimum Gasteiger partial charge on any atom is -0.455 e. The van der Waals surface area contributed by atoms with E-state index in [0.29, 0.717) is 0 Å². The molecule has 8 rings (SSSR count). The van der Waals surface area contributed by atoms with Crippen LogP contribution in [0, 0.1) is 6.92 Å². The lowest BCUT2D eigenvalue weighted by Gasteiger charge is -2.03. The normalized spacial score (nSPS) is 12.3. The molecule has 0 spiro atoms. The minimum atomic E-state index is 0.926. The number of hydrogen-bond acceptors (Lipinski definition) is 2. The van der Waals surface area contributed by atoms with E-state index in [1.165, 1.54) is 109 Å². The molecular weight excluding hydrogens is 613 g/mol. The van der Waals surface area contributed by atoms with Crippen LogP contribution >= 0.6 is 11.3 Å². The summed E-state index contributed by atoms with van der Waals surface area (Å²) in [4.78, 5) is 0. The van der Waals surface area contributed by atoms with Crippen molar-refractivity contribution in [2.24, 2.45) is 0 Å². The van der Waals surface area contributed by atoms with E-state index in [1.807, 2.05) is 11.3 Å². The number of unbranched alkanes of at least 4 members (excludes halogenated alkanes) is 5. The highest BCUT2D eigenvalue weighted by Gasteiger charge is 2.15. The second-order valence-corrected chi connectivity index (χ2v) is 14.6. The molecule has 0 aliphatic carbocycles. The molecule has 0 unspecified atom stereocenters. The van der Waals surface area contributed by atoms with E-state index < -0.39 is 0 Å². The quantitative estimate of drug-likeness (QED) is 0.0999. The van der Waals surface area contributed by atoms with Crippen LogP contribution in [0.1, 0.15) is 78.8 Å². The monoisotopic (exact) mass is 654 g/mol. The Bertz CT molecular complexity index is 2470. The third kappa shape index (κ3) is 6.58. The molecule has 0 saturated carbocycles. The molecule has 6 aromatic carbocycles. The maximum absolute atomic E-state index is 6.53. The average Bonchev–Trinajstić information content (AvgIpc) is 3.70. The average molecular weight is 655 g/mol.